The van der Waals surface area contributed by atoms with Crippen molar-refractivity contribution in [1.29, 1.82) is 0 Å². The second-order valence-electron chi connectivity index (χ2n) is 8.46. The molecule has 0 aromatic heterocycles. The molecule has 3 aromatic carbocycles. The standard InChI is InChI=1S/C29H36/c1-5-6-7-8-9-10-15-25-16-11-12-18-29(25)28-20-19-27(23(3)24(28)4)26-17-13-14-22(2)21-26/h11-14,16-21H,5-10,15H2,1-4H3. The molecule has 0 atom stereocenters. The Morgan fingerprint density at radius 2 is 1.28 bits per heavy atom. The predicted molar refractivity (Wildman–Crippen MR) is 129 cm³/mol. The maximum atomic E-state index is 2.33. The summed E-state index contributed by atoms with van der Waals surface area (Å²) in [6, 6.07) is 22.5. The molecule has 0 fully saturated rings. The van der Waals surface area contributed by atoms with Crippen molar-refractivity contribution in [3.8, 4) is 22.3 Å². The van der Waals surface area contributed by atoms with Gasteiger partial charge >= 0.3 is 0 Å². The summed E-state index contributed by atoms with van der Waals surface area (Å²) in [6.07, 6.45) is 9.28. The van der Waals surface area contributed by atoms with E-state index in [9.17, 15) is 0 Å². The van der Waals surface area contributed by atoms with Gasteiger partial charge in [0.15, 0.2) is 0 Å². The fourth-order valence-electron chi connectivity index (χ4n) is 4.33. The van der Waals surface area contributed by atoms with Gasteiger partial charge in [0.2, 0.25) is 0 Å². The lowest BCUT2D eigenvalue weighted by molar-refractivity contribution is 0.608. The second kappa shape index (κ2) is 10.4. The first-order chi connectivity index (χ1) is 14.1. The minimum atomic E-state index is 1.18. The molecule has 0 heterocycles. The molecule has 0 aliphatic heterocycles. The maximum absolute atomic E-state index is 2.33. The molecule has 3 aromatic rings. The van der Waals surface area contributed by atoms with Crippen molar-refractivity contribution < 1.29 is 0 Å². The van der Waals surface area contributed by atoms with Gasteiger partial charge in [-0.2, -0.15) is 0 Å². The van der Waals surface area contributed by atoms with Crippen LogP contribution in [0.25, 0.3) is 22.3 Å². The van der Waals surface area contributed by atoms with E-state index in [0.29, 0.717) is 0 Å². The zero-order valence-electron chi connectivity index (χ0n) is 18.7. The van der Waals surface area contributed by atoms with Gasteiger partial charge in [-0.05, 0) is 72.6 Å². The van der Waals surface area contributed by atoms with E-state index in [2.05, 4.69) is 88.4 Å². The smallest absolute Gasteiger partial charge is 0.0149 e. The molecule has 0 aliphatic rings. The lowest BCUT2D eigenvalue weighted by Gasteiger charge is -2.17. The summed E-state index contributed by atoms with van der Waals surface area (Å²) < 4.78 is 0. The summed E-state index contributed by atoms with van der Waals surface area (Å²) >= 11 is 0. The number of unbranched alkanes of at least 4 members (excludes halogenated alkanes) is 5. The molecular formula is C29H36. The molecule has 29 heavy (non-hydrogen) atoms. The van der Waals surface area contributed by atoms with E-state index >= 15 is 0 Å². The SMILES string of the molecule is CCCCCCCCc1ccccc1-c1ccc(-c2cccc(C)c2)c(C)c1C. The number of hydrogen-bond donors (Lipinski definition) is 0. The Hall–Kier alpha value is -2.34. The van der Waals surface area contributed by atoms with Crippen LogP contribution in [0.3, 0.4) is 0 Å². The van der Waals surface area contributed by atoms with E-state index in [0.717, 1.165) is 0 Å². The largest absolute Gasteiger partial charge is 0.0654 e. The highest BCUT2D eigenvalue weighted by molar-refractivity contribution is 5.78. The van der Waals surface area contributed by atoms with Crippen LogP contribution in [0.15, 0.2) is 60.7 Å². The molecule has 0 spiro atoms. The van der Waals surface area contributed by atoms with Crippen LogP contribution < -0.4 is 0 Å². The fraction of sp³-hybridized carbons (Fsp3) is 0.379. The summed E-state index contributed by atoms with van der Waals surface area (Å²) in [5.74, 6) is 0. The average Bonchev–Trinajstić information content (AvgIpc) is 2.73. The number of rotatable bonds is 9. The van der Waals surface area contributed by atoms with E-state index in [1.54, 1.807) is 0 Å². The molecule has 0 radical (unpaired) electrons. The predicted octanol–water partition coefficient (Wildman–Crippen LogP) is 8.85. The van der Waals surface area contributed by atoms with Crippen molar-refractivity contribution in [2.24, 2.45) is 0 Å². The molecule has 0 saturated carbocycles. The Morgan fingerprint density at radius 1 is 0.586 bits per heavy atom. The molecule has 3 rings (SSSR count). The quantitative estimate of drug-likeness (QED) is 0.323. The van der Waals surface area contributed by atoms with Crippen LogP contribution in [0.2, 0.25) is 0 Å². The van der Waals surface area contributed by atoms with Gasteiger partial charge in [0, 0.05) is 0 Å². The van der Waals surface area contributed by atoms with Crippen molar-refractivity contribution in [3.05, 3.63) is 82.9 Å². The molecule has 0 N–H and O–H groups in total. The first kappa shape index (κ1) is 21.4. The number of aryl methyl sites for hydroxylation is 2. The van der Waals surface area contributed by atoms with Gasteiger partial charge in [-0.25, -0.2) is 0 Å². The van der Waals surface area contributed by atoms with Gasteiger partial charge in [0.1, 0.15) is 0 Å². The van der Waals surface area contributed by atoms with E-state index in [1.165, 1.54) is 89.5 Å². The Kier molecular flexibility index (Phi) is 7.69. The maximum Gasteiger partial charge on any atom is -0.0149 e. The third kappa shape index (κ3) is 5.38. The number of benzene rings is 3. The first-order valence-corrected chi connectivity index (χ1v) is 11.4. The normalized spacial score (nSPS) is 11.0. The van der Waals surface area contributed by atoms with Gasteiger partial charge in [-0.3, -0.25) is 0 Å². The average molecular weight is 385 g/mol. The molecule has 0 unspecified atom stereocenters. The highest BCUT2D eigenvalue weighted by atomic mass is 14.2. The zero-order chi connectivity index (χ0) is 20.6. The Labute approximate surface area is 178 Å². The van der Waals surface area contributed by atoms with Crippen LogP contribution in [-0.2, 0) is 6.42 Å². The molecule has 0 saturated heterocycles. The third-order valence-electron chi connectivity index (χ3n) is 6.22. The third-order valence-corrected chi connectivity index (χ3v) is 6.22. The Balaban J connectivity index is 1.83. The van der Waals surface area contributed by atoms with Gasteiger partial charge in [-0.15, -0.1) is 0 Å². The zero-order valence-corrected chi connectivity index (χ0v) is 18.7. The molecule has 0 heteroatoms. The van der Waals surface area contributed by atoms with E-state index in [4.69, 9.17) is 0 Å². The Bertz CT molecular complexity index is 933. The van der Waals surface area contributed by atoms with Crippen LogP contribution in [0.4, 0.5) is 0 Å². The fourth-order valence-corrected chi connectivity index (χ4v) is 4.33. The molecule has 0 aliphatic carbocycles. The van der Waals surface area contributed by atoms with Gasteiger partial charge < -0.3 is 0 Å². The van der Waals surface area contributed by atoms with Crippen LogP contribution >= 0.6 is 0 Å². The van der Waals surface area contributed by atoms with Crippen molar-refractivity contribution in [3.63, 3.8) is 0 Å². The summed E-state index contributed by atoms with van der Waals surface area (Å²) in [5, 5.41) is 0. The molecule has 0 amide bonds. The minimum Gasteiger partial charge on any atom is -0.0654 e. The molecular weight excluding hydrogens is 348 g/mol. The highest BCUT2D eigenvalue weighted by Gasteiger charge is 2.12. The van der Waals surface area contributed by atoms with Crippen LogP contribution in [0.1, 0.15) is 67.7 Å². The van der Waals surface area contributed by atoms with Crippen LogP contribution in [0, 0.1) is 20.8 Å². The first-order valence-electron chi connectivity index (χ1n) is 11.4. The van der Waals surface area contributed by atoms with Gasteiger partial charge in [0.25, 0.3) is 0 Å². The highest BCUT2D eigenvalue weighted by Crippen LogP contribution is 2.34. The van der Waals surface area contributed by atoms with Crippen LogP contribution in [0.5, 0.6) is 0 Å². The van der Waals surface area contributed by atoms with Crippen molar-refractivity contribution >= 4 is 0 Å². The lowest BCUT2D eigenvalue weighted by Crippen LogP contribution is -1.96. The molecule has 152 valence electrons. The van der Waals surface area contributed by atoms with E-state index in [1.807, 2.05) is 0 Å². The monoisotopic (exact) mass is 384 g/mol. The summed E-state index contributed by atoms with van der Waals surface area (Å²) in [7, 11) is 0. The summed E-state index contributed by atoms with van der Waals surface area (Å²) in [5.41, 5.74) is 11.1. The van der Waals surface area contributed by atoms with Crippen LogP contribution in [-0.4, -0.2) is 0 Å². The van der Waals surface area contributed by atoms with Gasteiger partial charge in [0.05, 0.1) is 0 Å². The van der Waals surface area contributed by atoms with Crippen molar-refractivity contribution in [2.45, 2.75) is 72.6 Å². The molecule has 0 nitrogen and oxygen atoms in total. The Morgan fingerprint density at radius 3 is 2.07 bits per heavy atom. The molecule has 0 bridgehead atoms. The van der Waals surface area contributed by atoms with Crippen molar-refractivity contribution in [2.75, 3.05) is 0 Å². The topological polar surface area (TPSA) is 0 Å². The van der Waals surface area contributed by atoms with Crippen molar-refractivity contribution in [1.82, 2.24) is 0 Å². The summed E-state index contributed by atoms with van der Waals surface area (Å²) in [6.45, 7) is 9.00. The summed E-state index contributed by atoms with van der Waals surface area (Å²) in [4.78, 5) is 0. The lowest BCUT2D eigenvalue weighted by atomic mass is 9.88. The second-order valence-corrected chi connectivity index (χ2v) is 8.46. The van der Waals surface area contributed by atoms with E-state index in [-0.39, 0.29) is 0 Å². The van der Waals surface area contributed by atoms with E-state index < -0.39 is 0 Å². The number of hydrogen-bond acceptors (Lipinski definition) is 0. The minimum absolute atomic E-state index is 1.18. The van der Waals surface area contributed by atoms with Gasteiger partial charge in [-0.1, -0.05) is 105 Å².